The van der Waals surface area contributed by atoms with Gasteiger partial charge in [0.15, 0.2) is 0 Å². The molecular weight excluding hydrogens is 278 g/mol. The number of hydrogen-bond acceptors (Lipinski definition) is 1. The second-order valence-corrected chi connectivity index (χ2v) is 5.37. The summed E-state index contributed by atoms with van der Waals surface area (Å²) in [5, 5.41) is 1.28. The predicted octanol–water partition coefficient (Wildman–Crippen LogP) is 4.52. The first-order valence-corrected chi connectivity index (χ1v) is 6.79. The molecule has 2 rings (SSSR count). The molecule has 1 heterocycles. The van der Waals surface area contributed by atoms with Crippen LogP contribution in [0.2, 0.25) is 0 Å². The Hall–Kier alpha value is -0.800. The minimum Gasteiger partial charge on any atom is -0.377 e. The van der Waals surface area contributed by atoms with Crippen molar-refractivity contribution in [2.75, 3.05) is 6.61 Å². The van der Waals surface area contributed by atoms with Crippen LogP contribution >= 0.6 is 15.9 Å². The maximum absolute atomic E-state index is 5.53. The van der Waals surface area contributed by atoms with Crippen molar-refractivity contribution in [2.45, 2.75) is 33.4 Å². The Labute approximate surface area is 111 Å². The van der Waals surface area contributed by atoms with Crippen molar-refractivity contribution < 1.29 is 4.74 Å². The molecule has 1 aromatic heterocycles. The van der Waals surface area contributed by atoms with Crippen molar-refractivity contribution in [1.29, 1.82) is 0 Å². The molecule has 0 aliphatic rings. The first-order valence-electron chi connectivity index (χ1n) is 6.00. The topological polar surface area (TPSA) is 14.2 Å². The third-order valence-electron chi connectivity index (χ3n) is 2.90. The Kier molecular flexibility index (Phi) is 3.89. The lowest BCUT2D eigenvalue weighted by Crippen LogP contribution is -1.98. The molecule has 2 aromatic rings. The van der Waals surface area contributed by atoms with Crippen LogP contribution in [-0.2, 0) is 11.3 Å². The Morgan fingerprint density at radius 3 is 2.76 bits per heavy atom. The molecule has 0 aliphatic heterocycles. The van der Waals surface area contributed by atoms with E-state index in [9.17, 15) is 0 Å². The fourth-order valence-electron chi connectivity index (χ4n) is 2.05. The van der Waals surface area contributed by atoms with Gasteiger partial charge in [-0.25, -0.2) is 0 Å². The molecule has 0 N–H and O–H groups in total. The smallest absolute Gasteiger partial charge is 0.0737 e. The molecule has 3 heteroatoms. The summed E-state index contributed by atoms with van der Waals surface area (Å²) in [6.45, 7) is 7.86. The summed E-state index contributed by atoms with van der Waals surface area (Å²) in [4.78, 5) is 0. The van der Waals surface area contributed by atoms with Gasteiger partial charge in [0.2, 0.25) is 0 Å². The van der Waals surface area contributed by atoms with Gasteiger partial charge in [0.05, 0.1) is 6.61 Å². The van der Waals surface area contributed by atoms with E-state index in [-0.39, 0.29) is 0 Å². The number of fused-ring (bicyclic) bond motifs is 1. The van der Waals surface area contributed by atoms with Crippen LogP contribution in [0.5, 0.6) is 0 Å². The lowest BCUT2D eigenvalue weighted by Gasteiger charge is -2.08. The van der Waals surface area contributed by atoms with Gasteiger partial charge in [0, 0.05) is 39.8 Å². The zero-order valence-electron chi connectivity index (χ0n) is 10.5. The lowest BCUT2D eigenvalue weighted by atomic mass is 10.2. The van der Waals surface area contributed by atoms with Crippen molar-refractivity contribution in [3.63, 3.8) is 0 Å². The highest BCUT2D eigenvalue weighted by atomic mass is 79.9. The largest absolute Gasteiger partial charge is 0.377 e. The summed E-state index contributed by atoms with van der Waals surface area (Å²) in [5.41, 5.74) is 2.54. The van der Waals surface area contributed by atoms with Gasteiger partial charge in [-0.15, -0.1) is 0 Å². The van der Waals surface area contributed by atoms with Gasteiger partial charge in [0.25, 0.3) is 0 Å². The van der Waals surface area contributed by atoms with Crippen molar-refractivity contribution in [1.82, 2.24) is 4.57 Å². The van der Waals surface area contributed by atoms with Crippen molar-refractivity contribution >= 4 is 26.8 Å². The molecule has 0 unspecified atom stereocenters. The SMILES string of the molecule is CCOCc1cn(C(C)C)c2ccc(Br)cc12. The molecule has 0 saturated carbocycles. The highest BCUT2D eigenvalue weighted by molar-refractivity contribution is 9.10. The van der Waals surface area contributed by atoms with Crippen LogP contribution in [0, 0.1) is 0 Å². The van der Waals surface area contributed by atoms with E-state index in [0.29, 0.717) is 12.6 Å². The maximum Gasteiger partial charge on any atom is 0.0737 e. The summed E-state index contributed by atoms with van der Waals surface area (Å²) in [7, 11) is 0. The van der Waals surface area contributed by atoms with Gasteiger partial charge in [-0.2, -0.15) is 0 Å². The molecule has 2 nitrogen and oxygen atoms in total. The number of halogens is 1. The number of benzene rings is 1. The number of ether oxygens (including phenoxy) is 1. The van der Waals surface area contributed by atoms with Crippen LogP contribution in [0.15, 0.2) is 28.9 Å². The van der Waals surface area contributed by atoms with Crippen molar-refractivity contribution in [2.24, 2.45) is 0 Å². The number of nitrogens with zero attached hydrogens (tertiary/aromatic N) is 1. The molecule has 0 aliphatic carbocycles. The minimum absolute atomic E-state index is 0.467. The van der Waals surface area contributed by atoms with Crippen LogP contribution in [0.3, 0.4) is 0 Å². The van der Waals surface area contributed by atoms with E-state index >= 15 is 0 Å². The van der Waals surface area contributed by atoms with E-state index in [1.54, 1.807) is 0 Å². The second-order valence-electron chi connectivity index (χ2n) is 4.45. The average Bonchev–Trinajstić information content (AvgIpc) is 2.64. The normalized spacial score (nSPS) is 11.6. The molecule has 0 radical (unpaired) electrons. The molecule has 92 valence electrons. The van der Waals surface area contributed by atoms with E-state index in [4.69, 9.17) is 4.74 Å². The summed E-state index contributed by atoms with van der Waals surface area (Å²) in [6.07, 6.45) is 2.21. The third kappa shape index (κ3) is 2.55. The average molecular weight is 296 g/mol. The molecule has 17 heavy (non-hydrogen) atoms. The highest BCUT2D eigenvalue weighted by Gasteiger charge is 2.10. The zero-order chi connectivity index (χ0) is 12.4. The van der Waals surface area contributed by atoms with Gasteiger partial charge in [-0.3, -0.25) is 0 Å². The summed E-state index contributed by atoms with van der Waals surface area (Å²) in [6, 6.07) is 6.89. The molecule has 1 aromatic carbocycles. The van der Waals surface area contributed by atoms with Crippen molar-refractivity contribution in [3.05, 3.63) is 34.4 Å². The first-order chi connectivity index (χ1) is 8.13. The quantitative estimate of drug-likeness (QED) is 0.809. The van der Waals surface area contributed by atoms with Gasteiger partial charge < -0.3 is 9.30 Å². The van der Waals surface area contributed by atoms with Gasteiger partial charge >= 0.3 is 0 Å². The standard InChI is InChI=1S/C14H18BrNO/c1-4-17-9-11-8-16(10(2)3)14-6-5-12(15)7-13(11)14/h5-8,10H,4,9H2,1-3H3. The molecule has 0 bridgehead atoms. The van der Waals surface area contributed by atoms with Crippen molar-refractivity contribution in [3.8, 4) is 0 Å². The molecule has 0 amide bonds. The van der Waals surface area contributed by atoms with Gasteiger partial charge in [-0.1, -0.05) is 15.9 Å². The van der Waals surface area contributed by atoms with E-state index in [0.717, 1.165) is 11.1 Å². The molecular formula is C14H18BrNO. The van der Waals surface area contributed by atoms with Crippen LogP contribution in [0.4, 0.5) is 0 Å². The Balaban J connectivity index is 2.54. The predicted molar refractivity (Wildman–Crippen MR) is 75.4 cm³/mol. The lowest BCUT2D eigenvalue weighted by molar-refractivity contribution is 0.135. The van der Waals surface area contributed by atoms with E-state index in [1.165, 1.54) is 16.5 Å². The van der Waals surface area contributed by atoms with E-state index in [2.05, 4.69) is 58.7 Å². The first kappa shape index (κ1) is 12.7. The van der Waals surface area contributed by atoms with Gasteiger partial charge in [-0.05, 0) is 39.0 Å². The summed E-state index contributed by atoms with van der Waals surface area (Å²) in [5.74, 6) is 0. The number of rotatable bonds is 4. The third-order valence-corrected chi connectivity index (χ3v) is 3.39. The van der Waals surface area contributed by atoms with E-state index < -0.39 is 0 Å². The van der Waals surface area contributed by atoms with Crippen LogP contribution in [0.25, 0.3) is 10.9 Å². The Morgan fingerprint density at radius 2 is 2.12 bits per heavy atom. The highest BCUT2D eigenvalue weighted by Crippen LogP contribution is 2.28. The number of aromatic nitrogens is 1. The minimum atomic E-state index is 0.467. The molecule has 0 fully saturated rings. The fourth-order valence-corrected chi connectivity index (χ4v) is 2.41. The second kappa shape index (κ2) is 5.23. The Morgan fingerprint density at radius 1 is 1.35 bits per heavy atom. The Bertz CT molecular complexity index is 516. The van der Waals surface area contributed by atoms with Crippen LogP contribution < -0.4 is 0 Å². The zero-order valence-corrected chi connectivity index (χ0v) is 12.1. The van der Waals surface area contributed by atoms with E-state index in [1.807, 2.05) is 6.92 Å². The molecule has 0 atom stereocenters. The van der Waals surface area contributed by atoms with Crippen LogP contribution in [0.1, 0.15) is 32.4 Å². The molecule has 0 spiro atoms. The molecule has 0 saturated heterocycles. The number of hydrogen-bond donors (Lipinski definition) is 0. The summed E-state index contributed by atoms with van der Waals surface area (Å²) >= 11 is 3.53. The van der Waals surface area contributed by atoms with Gasteiger partial charge in [0.1, 0.15) is 0 Å². The monoisotopic (exact) mass is 295 g/mol. The van der Waals surface area contributed by atoms with Crippen LogP contribution in [-0.4, -0.2) is 11.2 Å². The fraction of sp³-hybridized carbons (Fsp3) is 0.429. The maximum atomic E-state index is 5.53. The summed E-state index contributed by atoms with van der Waals surface area (Å²) < 4.78 is 8.95.